The molecular weight excluding hydrogens is 272 g/mol. The van der Waals surface area contributed by atoms with Crippen molar-refractivity contribution in [3.05, 3.63) is 46.1 Å². The lowest BCUT2D eigenvalue weighted by atomic mass is 10.1. The number of carbonyl (C=O) groups is 1. The molecule has 106 valence electrons. The van der Waals surface area contributed by atoms with Crippen molar-refractivity contribution in [3.8, 4) is 11.3 Å². The normalized spacial score (nSPS) is 11.0. The highest BCUT2D eigenvalue weighted by atomic mass is 19.3. The second-order valence-corrected chi connectivity index (χ2v) is 4.16. The zero-order valence-corrected chi connectivity index (χ0v) is 10.5. The quantitative estimate of drug-likeness (QED) is 0.935. The Morgan fingerprint density at radius 2 is 2.20 bits per heavy atom. The van der Waals surface area contributed by atoms with Gasteiger partial charge < -0.3 is 14.1 Å². The largest absolute Gasteiger partial charge is 0.477 e. The third kappa shape index (κ3) is 2.47. The number of rotatable bonds is 4. The Labute approximate surface area is 112 Å². The number of hydrogen-bond donors (Lipinski definition) is 1. The molecule has 0 aromatic carbocycles. The summed E-state index contributed by atoms with van der Waals surface area (Å²) in [5, 5.41) is 9.10. The first kappa shape index (κ1) is 14.0. The van der Waals surface area contributed by atoms with Crippen LogP contribution in [0.25, 0.3) is 11.3 Å². The molecule has 0 saturated heterocycles. The van der Waals surface area contributed by atoms with E-state index >= 15 is 0 Å². The number of hydrogen-bond acceptors (Lipinski definition) is 3. The molecule has 0 atom stereocenters. The lowest BCUT2D eigenvalue weighted by Crippen LogP contribution is -2.24. The van der Waals surface area contributed by atoms with Crippen LogP contribution in [-0.2, 0) is 6.54 Å². The van der Waals surface area contributed by atoms with Crippen molar-refractivity contribution in [2.75, 3.05) is 0 Å². The molecule has 0 aliphatic rings. The molecule has 0 bridgehead atoms. The standard InChI is InChI=1S/C13H11F2NO4/c1-7-11(13(18)19)12(17)8(9-3-2-4-20-9)5-16(7)6-10(14)15/h2-5,10H,6H2,1H3,(H,18,19). The van der Waals surface area contributed by atoms with Crippen LogP contribution in [0.2, 0.25) is 0 Å². The molecule has 0 aliphatic carbocycles. The van der Waals surface area contributed by atoms with Crippen LogP contribution in [0.4, 0.5) is 8.78 Å². The van der Waals surface area contributed by atoms with Crippen molar-refractivity contribution in [1.29, 1.82) is 0 Å². The summed E-state index contributed by atoms with van der Waals surface area (Å²) in [7, 11) is 0. The average Bonchev–Trinajstić information content (AvgIpc) is 2.85. The average molecular weight is 283 g/mol. The van der Waals surface area contributed by atoms with E-state index in [-0.39, 0.29) is 17.0 Å². The highest BCUT2D eigenvalue weighted by molar-refractivity contribution is 5.90. The number of alkyl halides is 2. The highest BCUT2D eigenvalue weighted by Crippen LogP contribution is 2.19. The van der Waals surface area contributed by atoms with E-state index in [4.69, 9.17) is 9.52 Å². The van der Waals surface area contributed by atoms with Gasteiger partial charge >= 0.3 is 5.97 Å². The van der Waals surface area contributed by atoms with Crippen molar-refractivity contribution in [1.82, 2.24) is 4.57 Å². The summed E-state index contributed by atoms with van der Waals surface area (Å²) in [6, 6.07) is 2.98. The molecule has 2 aromatic rings. The van der Waals surface area contributed by atoms with Crippen LogP contribution in [0.3, 0.4) is 0 Å². The maximum absolute atomic E-state index is 12.5. The van der Waals surface area contributed by atoms with Gasteiger partial charge in [0.05, 0.1) is 18.4 Å². The highest BCUT2D eigenvalue weighted by Gasteiger charge is 2.21. The number of nitrogens with zero attached hydrogens (tertiary/aromatic N) is 1. The van der Waals surface area contributed by atoms with E-state index in [1.165, 1.54) is 31.5 Å². The third-order valence-corrected chi connectivity index (χ3v) is 2.88. The van der Waals surface area contributed by atoms with E-state index in [9.17, 15) is 18.4 Å². The van der Waals surface area contributed by atoms with Crippen molar-refractivity contribution < 1.29 is 23.1 Å². The molecule has 0 saturated carbocycles. The van der Waals surface area contributed by atoms with Gasteiger partial charge in [-0.25, -0.2) is 13.6 Å². The molecule has 0 unspecified atom stereocenters. The third-order valence-electron chi connectivity index (χ3n) is 2.88. The van der Waals surface area contributed by atoms with Gasteiger partial charge in [-0.1, -0.05) is 0 Å². The van der Waals surface area contributed by atoms with E-state index in [2.05, 4.69) is 0 Å². The molecule has 2 aromatic heterocycles. The Morgan fingerprint density at radius 1 is 1.50 bits per heavy atom. The Bertz CT molecular complexity index is 689. The molecule has 5 nitrogen and oxygen atoms in total. The van der Waals surface area contributed by atoms with E-state index in [0.29, 0.717) is 0 Å². The second-order valence-electron chi connectivity index (χ2n) is 4.16. The van der Waals surface area contributed by atoms with Gasteiger partial charge in [-0.3, -0.25) is 4.79 Å². The molecule has 0 fully saturated rings. The lowest BCUT2D eigenvalue weighted by molar-refractivity contribution is 0.0691. The molecule has 0 aliphatic heterocycles. The van der Waals surface area contributed by atoms with Gasteiger partial charge in [-0.2, -0.15) is 0 Å². The molecular formula is C13H11F2NO4. The SMILES string of the molecule is Cc1c(C(=O)O)c(=O)c(-c2ccco2)cn1CC(F)F. The summed E-state index contributed by atoms with van der Waals surface area (Å²) >= 11 is 0. The lowest BCUT2D eigenvalue weighted by Gasteiger charge is -2.14. The predicted molar refractivity (Wildman–Crippen MR) is 66.1 cm³/mol. The van der Waals surface area contributed by atoms with Crippen LogP contribution in [0, 0.1) is 6.92 Å². The second kappa shape index (κ2) is 5.28. The van der Waals surface area contributed by atoms with Gasteiger partial charge in [0.1, 0.15) is 11.3 Å². The summed E-state index contributed by atoms with van der Waals surface area (Å²) in [6.45, 7) is 0.624. The molecule has 2 rings (SSSR count). The number of aromatic nitrogens is 1. The Morgan fingerprint density at radius 3 is 2.70 bits per heavy atom. The molecule has 20 heavy (non-hydrogen) atoms. The van der Waals surface area contributed by atoms with Crippen LogP contribution in [-0.4, -0.2) is 22.1 Å². The first-order valence-electron chi connectivity index (χ1n) is 5.71. The predicted octanol–water partition coefficient (Wildman–Crippen LogP) is 2.38. The maximum atomic E-state index is 12.5. The van der Waals surface area contributed by atoms with Crippen LogP contribution in [0.1, 0.15) is 16.1 Å². The van der Waals surface area contributed by atoms with Gasteiger partial charge in [-0.05, 0) is 19.1 Å². The van der Waals surface area contributed by atoms with Crippen LogP contribution in [0.5, 0.6) is 0 Å². The zero-order valence-electron chi connectivity index (χ0n) is 10.5. The summed E-state index contributed by atoms with van der Waals surface area (Å²) in [5.41, 5.74) is -1.35. The van der Waals surface area contributed by atoms with Crippen LogP contribution >= 0.6 is 0 Å². The van der Waals surface area contributed by atoms with Gasteiger partial charge in [0, 0.05) is 11.9 Å². The maximum Gasteiger partial charge on any atom is 0.341 e. The van der Waals surface area contributed by atoms with Gasteiger partial charge in [0.2, 0.25) is 5.43 Å². The fourth-order valence-corrected chi connectivity index (χ4v) is 1.95. The topological polar surface area (TPSA) is 72.4 Å². The van der Waals surface area contributed by atoms with Crippen LogP contribution in [0.15, 0.2) is 33.8 Å². The number of carboxylic acid groups (broad SMARTS) is 1. The minimum atomic E-state index is -2.66. The van der Waals surface area contributed by atoms with Crippen molar-refractivity contribution in [2.45, 2.75) is 19.9 Å². The first-order valence-corrected chi connectivity index (χ1v) is 5.71. The van der Waals surface area contributed by atoms with Crippen molar-refractivity contribution in [3.63, 3.8) is 0 Å². The van der Waals surface area contributed by atoms with E-state index in [1.54, 1.807) is 0 Å². The smallest absolute Gasteiger partial charge is 0.341 e. The molecule has 7 heteroatoms. The van der Waals surface area contributed by atoms with E-state index in [0.717, 1.165) is 4.57 Å². The Kier molecular flexibility index (Phi) is 3.69. The number of halogens is 2. The minimum absolute atomic E-state index is 0.0156. The minimum Gasteiger partial charge on any atom is -0.477 e. The number of pyridine rings is 1. The Hall–Kier alpha value is -2.44. The number of furan rings is 1. The molecule has 0 amide bonds. The fraction of sp³-hybridized carbons (Fsp3) is 0.231. The van der Waals surface area contributed by atoms with E-state index < -0.39 is 29.9 Å². The van der Waals surface area contributed by atoms with Crippen molar-refractivity contribution >= 4 is 5.97 Å². The summed E-state index contributed by atoms with van der Waals surface area (Å²) in [5.74, 6) is -1.32. The Balaban J connectivity index is 2.73. The molecule has 0 spiro atoms. The van der Waals surface area contributed by atoms with Gasteiger partial charge in [-0.15, -0.1) is 0 Å². The fourth-order valence-electron chi connectivity index (χ4n) is 1.95. The molecule has 1 N–H and O–H groups in total. The summed E-state index contributed by atoms with van der Waals surface area (Å²) in [4.78, 5) is 23.3. The first-order chi connectivity index (χ1) is 9.41. The van der Waals surface area contributed by atoms with Gasteiger partial charge in [0.15, 0.2) is 0 Å². The van der Waals surface area contributed by atoms with Gasteiger partial charge in [0.25, 0.3) is 6.43 Å². The van der Waals surface area contributed by atoms with Crippen molar-refractivity contribution in [2.24, 2.45) is 0 Å². The molecule has 0 radical (unpaired) electrons. The van der Waals surface area contributed by atoms with Crippen LogP contribution < -0.4 is 5.43 Å². The number of aromatic carboxylic acids is 1. The van der Waals surface area contributed by atoms with E-state index in [1.807, 2.05) is 0 Å². The molecule has 2 heterocycles. The zero-order chi connectivity index (χ0) is 14.9. The number of carboxylic acids is 1. The summed E-state index contributed by atoms with van der Waals surface area (Å²) in [6.07, 6.45) is -0.163. The summed E-state index contributed by atoms with van der Waals surface area (Å²) < 4.78 is 31.2. The monoisotopic (exact) mass is 283 g/mol.